The summed E-state index contributed by atoms with van der Waals surface area (Å²) < 4.78 is 2.13. The van der Waals surface area contributed by atoms with Gasteiger partial charge in [-0.3, -0.25) is 0 Å². The summed E-state index contributed by atoms with van der Waals surface area (Å²) in [5.74, 6) is 0. The molecular weight excluding hydrogens is 268 g/mol. The van der Waals surface area contributed by atoms with E-state index in [0.29, 0.717) is 5.25 Å². The smallest absolute Gasteiger partial charge is 0.168 e. The molecule has 0 fully saturated rings. The molecule has 1 heterocycles. The number of hydrogen-bond donors (Lipinski definition) is 1. The predicted molar refractivity (Wildman–Crippen MR) is 84.0 cm³/mol. The number of aromatic nitrogens is 2. The molecule has 20 heavy (non-hydrogen) atoms. The van der Waals surface area contributed by atoms with Crippen molar-refractivity contribution in [3.05, 3.63) is 47.3 Å². The van der Waals surface area contributed by atoms with Crippen molar-refractivity contribution < 1.29 is 5.11 Å². The molecule has 0 bridgehead atoms. The first-order chi connectivity index (χ1) is 9.62. The van der Waals surface area contributed by atoms with Crippen LogP contribution in [0.1, 0.15) is 37.1 Å². The zero-order valence-electron chi connectivity index (χ0n) is 12.3. The van der Waals surface area contributed by atoms with Crippen molar-refractivity contribution >= 4 is 11.8 Å². The van der Waals surface area contributed by atoms with Crippen molar-refractivity contribution in [2.24, 2.45) is 0 Å². The Morgan fingerprint density at radius 1 is 1.30 bits per heavy atom. The number of aryl methyl sites for hydroxylation is 1. The van der Waals surface area contributed by atoms with Gasteiger partial charge < -0.3 is 9.67 Å². The van der Waals surface area contributed by atoms with E-state index in [-0.39, 0.29) is 6.61 Å². The SMILES string of the molecule is CC[C@H](C)Sc1nc(CO)cn1Cc1ccc(C)cc1. The molecular formula is C16H22N2OS. The van der Waals surface area contributed by atoms with Crippen LogP contribution in [0.5, 0.6) is 0 Å². The van der Waals surface area contributed by atoms with Crippen LogP contribution in [0.4, 0.5) is 0 Å². The fraction of sp³-hybridized carbons (Fsp3) is 0.438. The van der Waals surface area contributed by atoms with Gasteiger partial charge in [0.25, 0.3) is 0 Å². The second kappa shape index (κ2) is 6.95. The van der Waals surface area contributed by atoms with Gasteiger partial charge in [0.15, 0.2) is 5.16 Å². The fourth-order valence-electron chi connectivity index (χ4n) is 1.89. The van der Waals surface area contributed by atoms with Crippen molar-refractivity contribution in [2.75, 3.05) is 0 Å². The van der Waals surface area contributed by atoms with Crippen LogP contribution in [0.3, 0.4) is 0 Å². The summed E-state index contributed by atoms with van der Waals surface area (Å²) in [5.41, 5.74) is 3.26. The second-order valence-corrected chi connectivity index (χ2v) is 6.53. The molecule has 2 aromatic rings. The standard InChI is InChI=1S/C16H22N2OS/c1-4-13(3)20-16-17-15(11-19)10-18(16)9-14-7-5-12(2)6-8-14/h5-8,10,13,19H,4,9,11H2,1-3H3/t13-/m0/s1. The summed E-state index contributed by atoms with van der Waals surface area (Å²) in [5, 5.41) is 10.8. The maximum absolute atomic E-state index is 9.28. The van der Waals surface area contributed by atoms with Crippen LogP contribution < -0.4 is 0 Å². The topological polar surface area (TPSA) is 38.1 Å². The van der Waals surface area contributed by atoms with Crippen LogP contribution in [-0.4, -0.2) is 19.9 Å². The summed E-state index contributed by atoms with van der Waals surface area (Å²) >= 11 is 1.77. The lowest BCUT2D eigenvalue weighted by atomic mass is 10.1. The summed E-state index contributed by atoms with van der Waals surface area (Å²) in [7, 11) is 0. The Labute approximate surface area is 125 Å². The Morgan fingerprint density at radius 3 is 2.60 bits per heavy atom. The number of thioether (sulfide) groups is 1. The van der Waals surface area contributed by atoms with Gasteiger partial charge in [0.1, 0.15) is 0 Å². The average Bonchev–Trinajstić information content (AvgIpc) is 2.83. The zero-order valence-corrected chi connectivity index (χ0v) is 13.2. The fourth-order valence-corrected chi connectivity index (χ4v) is 2.84. The minimum Gasteiger partial charge on any atom is -0.390 e. The van der Waals surface area contributed by atoms with E-state index in [1.54, 1.807) is 11.8 Å². The van der Waals surface area contributed by atoms with E-state index in [2.05, 4.69) is 54.6 Å². The zero-order chi connectivity index (χ0) is 14.5. The minimum atomic E-state index is -0.00500. The lowest BCUT2D eigenvalue weighted by molar-refractivity contribution is 0.277. The Bertz CT molecular complexity index is 548. The molecule has 0 saturated carbocycles. The van der Waals surface area contributed by atoms with Gasteiger partial charge >= 0.3 is 0 Å². The van der Waals surface area contributed by atoms with Gasteiger partial charge in [0.2, 0.25) is 0 Å². The largest absolute Gasteiger partial charge is 0.390 e. The van der Waals surface area contributed by atoms with Crippen molar-refractivity contribution in [3.8, 4) is 0 Å². The lowest BCUT2D eigenvalue weighted by Crippen LogP contribution is -2.03. The third-order valence-corrected chi connectivity index (χ3v) is 4.58. The van der Waals surface area contributed by atoms with Crippen LogP contribution >= 0.6 is 11.8 Å². The average molecular weight is 290 g/mol. The number of aliphatic hydroxyl groups excluding tert-OH is 1. The van der Waals surface area contributed by atoms with E-state index in [1.807, 2.05) is 6.20 Å². The first kappa shape index (κ1) is 15.1. The molecule has 0 unspecified atom stereocenters. The molecule has 0 aliphatic heterocycles. The van der Waals surface area contributed by atoms with Gasteiger partial charge in [0.05, 0.1) is 12.3 Å². The molecule has 0 spiro atoms. The van der Waals surface area contributed by atoms with Crippen LogP contribution in [0.15, 0.2) is 35.6 Å². The maximum Gasteiger partial charge on any atom is 0.168 e. The molecule has 0 radical (unpaired) electrons. The maximum atomic E-state index is 9.28. The quantitative estimate of drug-likeness (QED) is 0.826. The molecule has 1 aromatic heterocycles. The third-order valence-electron chi connectivity index (χ3n) is 3.31. The first-order valence-electron chi connectivity index (χ1n) is 7.01. The Hall–Kier alpha value is -1.26. The predicted octanol–water partition coefficient (Wildman–Crippen LogP) is 3.62. The number of imidazole rings is 1. The summed E-state index contributed by atoms with van der Waals surface area (Å²) in [6.45, 7) is 7.27. The van der Waals surface area contributed by atoms with Crippen LogP contribution in [0.2, 0.25) is 0 Å². The van der Waals surface area contributed by atoms with Gasteiger partial charge in [-0.05, 0) is 18.9 Å². The Balaban J connectivity index is 2.20. The second-order valence-electron chi connectivity index (χ2n) is 5.12. The van der Waals surface area contributed by atoms with Crippen LogP contribution in [0, 0.1) is 6.92 Å². The molecule has 0 aliphatic carbocycles. The van der Waals surface area contributed by atoms with Gasteiger partial charge in [-0.25, -0.2) is 4.98 Å². The Morgan fingerprint density at radius 2 is 2.00 bits per heavy atom. The molecule has 0 saturated heterocycles. The molecule has 0 aliphatic rings. The molecule has 3 nitrogen and oxygen atoms in total. The molecule has 108 valence electrons. The van der Waals surface area contributed by atoms with Gasteiger partial charge in [-0.1, -0.05) is 55.4 Å². The third kappa shape index (κ3) is 3.87. The van der Waals surface area contributed by atoms with Crippen molar-refractivity contribution in [2.45, 2.75) is 50.8 Å². The van der Waals surface area contributed by atoms with Crippen molar-refractivity contribution in [1.29, 1.82) is 0 Å². The van der Waals surface area contributed by atoms with Crippen molar-refractivity contribution in [3.63, 3.8) is 0 Å². The highest BCUT2D eigenvalue weighted by molar-refractivity contribution is 7.99. The summed E-state index contributed by atoms with van der Waals surface area (Å²) in [6.07, 6.45) is 3.06. The number of rotatable bonds is 6. The highest BCUT2D eigenvalue weighted by atomic mass is 32.2. The number of aliphatic hydroxyl groups is 1. The summed E-state index contributed by atoms with van der Waals surface area (Å²) in [6, 6.07) is 8.54. The normalized spacial score (nSPS) is 12.6. The molecule has 2 rings (SSSR count). The minimum absolute atomic E-state index is 0.00500. The van der Waals surface area contributed by atoms with Crippen LogP contribution in [-0.2, 0) is 13.2 Å². The summed E-state index contributed by atoms with van der Waals surface area (Å²) in [4.78, 5) is 4.51. The molecule has 0 amide bonds. The molecule has 4 heteroatoms. The van der Waals surface area contributed by atoms with E-state index in [0.717, 1.165) is 23.8 Å². The van der Waals surface area contributed by atoms with E-state index in [1.165, 1.54) is 11.1 Å². The number of hydrogen-bond acceptors (Lipinski definition) is 3. The highest BCUT2D eigenvalue weighted by Gasteiger charge is 2.11. The van der Waals surface area contributed by atoms with Crippen molar-refractivity contribution in [1.82, 2.24) is 9.55 Å². The van der Waals surface area contributed by atoms with Gasteiger partial charge in [0, 0.05) is 18.0 Å². The van der Waals surface area contributed by atoms with Gasteiger partial charge in [-0.2, -0.15) is 0 Å². The lowest BCUT2D eigenvalue weighted by Gasteiger charge is -2.11. The van der Waals surface area contributed by atoms with E-state index < -0.39 is 0 Å². The van der Waals surface area contributed by atoms with E-state index in [9.17, 15) is 5.11 Å². The Kier molecular flexibility index (Phi) is 5.26. The molecule has 1 aromatic carbocycles. The number of benzene rings is 1. The number of nitrogens with zero attached hydrogens (tertiary/aromatic N) is 2. The van der Waals surface area contributed by atoms with E-state index in [4.69, 9.17) is 0 Å². The monoisotopic (exact) mass is 290 g/mol. The highest BCUT2D eigenvalue weighted by Crippen LogP contribution is 2.25. The van der Waals surface area contributed by atoms with E-state index >= 15 is 0 Å². The van der Waals surface area contributed by atoms with Crippen LogP contribution in [0.25, 0.3) is 0 Å². The molecule has 1 atom stereocenters. The van der Waals surface area contributed by atoms with Gasteiger partial charge in [-0.15, -0.1) is 0 Å². The first-order valence-corrected chi connectivity index (χ1v) is 7.89. The molecule has 1 N–H and O–H groups in total.